The van der Waals surface area contributed by atoms with Gasteiger partial charge in [0.1, 0.15) is 12.2 Å². The lowest BCUT2D eigenvalue weighted by atomic mass is 9.93. The third-order valence-corrected chi connectivity index (χ3v) is 3.09. The van der Waals surface area contributed by atoms with Crippen LogP contribution < -0.4 is 5.32 Å². The summed E-state index contributed by atoms with van der Waals surface area (Å²) in [5, 5.41) is 7.17. The molecular formula is C13H24N4O2. The second-order valence-electron chi connectivity index (χ2n) is 5.19. The Balaban J connectivity index is 2.80. The van der Waals surface area contributed by atoms with E-state index in [0.29, 0.717) is 6.61 Å². The van der Waals surface area contributed by atoms with Gasteiger partial charge in [-0.1, -0.05) is 6.92 Å². The Morgan fingerprint density at radius 3 is 2.74 bits per heavy atom. The molecule has 1 atom stereocenters. The van der Waals surface area contributed by atoms with Crippen molar-refractivity contribution >= 4 is 5.91 Å². The fourth-order valence-corrected chi connectivity index (χ4v) is 1.92. The smallest absolute Gasteiger partial charge is 0.228 e. The van der Waals surface area contributed by atoms with Crippen LogP contribution in [0.15, 0.2) is 6.33 Å². The molecule has 0 fully saturated rings. The first-order valence-corrected chi connectivity index (χ1v) is 6.63. The van der Waals surface area contributed by atoms with Crippen LogP contribution >= 0.6 is 0 Å². The maximum absolute atomic E-state index is 12.3. The van der Waals surface area contributed by atoms with E-state index in [4.69, 9.17) is 4.74 Å². The number of methoxy groups -OCH3 is 1. The Hall–Kier alpha value is -1.43. The molecule has 108 valence electrons. The molecule has 1 unspecified atom stereocenters. The van der Waals surface area contributed by atoms with Crippen LogP contribution in [0.25, 0.3) is 0 Å². The molecule has 1 amide bonds. The van der Waals surface area contributed by atoms with Crippen molar-refractivity contribution in [2.45, 2.75) is 46.7 Å². The van der Waals surface area contributed by atoms with Crippen molar-refractivity contribution in [2.24, 2.45) is 5.41 Å². The van der Waals surface area contributed by atoms with E-state index in [1.54, 1.807) is 11.8 Å². The molecule has 1 rings (SSSR count). The number of amides is 1. The zero-order valence-electron chi connectivity index (χ0n) is 12.4. The molecule has 0 aromatic carbocycles. The molecule has 19 heavy (non-hydrogen) atoms. The van der Waals surface area contributed by atoms with E-state index in [0.717, 1.165) is 18.8 Å². The summed E-state index contributed by atoms with van der Waals surface area (Å²) in [5.74, 6) is 0.762. The quantitative estimate of drug-likeness (QED) is 0.814. The van der Waals surface area contributed by atoms with Crippen molar-refractivity contribution in [3.05, 3.63) is 12.2 Å². The summed E-state index contributed by atoms with van der Waals surface area (Å²) in [6.45, 7) is 8.87. The number of nitrogens with zero attached hydrogens (tertiary/aromatic N) is 3. The number of hydrogen-bond acceptors (Lipinski definition) is 4. The van der Waals surface area contributed by atoms with Gasteiger partial charge in [-0.25, -0.2) is 9.67 Å². The molecule has 0 radical (unpaired) electrons. The Morgan fingerprint density at radius 1 is 1.53 bits per heavy atom. The van der Waals surface area contributed by atoms with E-state index >= 15 is 0 Å². The van der Waals surface area contributed by atoms with Gasteiger partial charge in [0, 0.05) is 13.7 Å². The van der Waals surface area contributed by atoms with Crippen molar-refractivity contribution in [2.75, 3.05) is 13.7 Å². The molecule has 1 aromatic heterocycles. The van der Waals surface area contributed by atoms with Gasteiger partial charge in [-0.15, -0.1) is 0 Å². The minimum atomic E-state index is -0.556. The van der Waals surface area contributed by atoms with Gasteiger partial charge < -0.3 is 10.1 Å². The number of aryl methyl sites for hydroxylation is 1. The van der Waals surface area contributed by atoms with E-state index in [2.05, 4.69) is 15.4 Å². The minimum absolute atomic E-state index is 0.0353. The maximum atomic E-state index is 12.3. The summed E-state index contributed by atoms with van der Waals surface area (Å²) in [5.41, 5.74) is -0.556. The summed E-state index contributed by atoms with van der Waals surface area (Å²) in [4.78, 5) is 16.5. The van der Waals surface area contributed by atoms with E-state index in [-0.39, 0.29) is 11.9 Å². The fourth-order valence-electron chi connectivity index (χ4n) is 1.92. The molecule has 0 aliphatic heterocycles. The Morgan fingerprint density at radius 2 is 2.21 bits per heavy atom. The second-order valence-corrected chi connectivity index (χ2v) is 5.19. The van der Waals surface area contributed by atoms with Crippen LogP contribution in [-0.2, 0) is 16.1 Å². The largest absolute Gasteiger partial charge is 0.384 e. The maximum Gasteiger partial charge on any atom is 0.228 e. The van der Waals surface area contributed by atoms with Gasteiger partial charge in [-0.3, -0.25) is 4.79 Å². The number of carbonyl (C=O) groups is 1. The lowest BCUT2D eigenvalue weighted by Crippen LogP contribution is -2.42. The Bertz CT molecular complexity index is 415. The molecule has 0 spiro atoms. The summed E-state index contributed by atoms with van der Waals surface area (Å²) in [6, 6.07) is -0.119. The molecule has 0 aliphatic carbocycles. The number of nitrogens with one attached hydrogen (secondary N) is 1. The van der Waals surface area contributed by atoms with Crippen LogP contribution in [0.2, 0.25) is 0 Å². The fraction of sp³-hybridized carbons (Fsp3) is 0.769. The molecule has 0 bridgehead atoms. The molecule has 1 aromatic rings. The lowest BCUT2D eigenvalue weighted by molar-refractivity contribution is -0.132. The summed E-state index contributed by atoms with van der Waals surface area (Å²) in [7, 11) is 1.60. The molecule has 1 heterocycles. The topological polar surface area (TPSA) is 69.0 Å². The van der Waals surface area contributed by atoms with Gasteiger partial charge in [-0.2, -0.15) is 5.10 Å². The van der Waals surface area contributed by atoms with Crippen LogP contribution in [0, 0.1) is 5.41 Å². The number of rotatable bonds is 7. The van der Waals surface area contributed by atoms with E-state index in [9.17, 15) is 4.79 Å². The Labute approximate surface area is 114 Å². The molecular weight excluding hydrogens is 244 g/mol. The zero-order chi connectivity index (χ0) is 14.5. The molecule has 6 nitrogen and oxygen atoms in total. The molecule has 0 saturated carbocycles. The average molecular weight is 268 g/mol. The Kier molecular flexibility index (Phi) is 5.47. The predicted molar refractivity (Wildman–Crippen MR) is 72.5 cm³/mol. The van der Waals surface area contributed by atoms with Gasteiger partial charge in [0.05, 0.1) is 18.1 Å². The molecule has 6 heteroatoms. The SMILES string of the molecule is CCC(NC(=O)C(C)(C)COC)c1ncnn1CC. The van der Waals surface area contributed by atoms with Crippen LogP contribution in [0.3, 0.4) is 0 Å². The number of aromatic nitrogens is 3. The van der Waals surface area contributed by atoms with Crippen LogP contribution in [0.1, 0.15) is 46.0 Å². The predicted octanol–water partition coefficient (Wildman–Crippen LogP) is 1.54. The second kappa shape index (κ2) is 6.65. The highest BCUT2D eigenvalue weighted by molar-refractivity contribution is 5.82. The first-order chi connectivity index (χ1) is 8.96. The minimum Gasteiger partial charge on any atom is -0.384 e. The van der Waals surface area contributed by atoms with Gasteiger partial charge in [-0.05, 0) is 27.2 Å². The third kappa shape index (κ3) is 3.76. The molecule has 0 saturated heterocycles. The van der Waals surface area contributed by atoms with Crippen molar-refractivity contribution in [1.82, 2.24) is 20.1 Å². The highest BCUT2D eigenvalue weighted by Crippen LogP contribution is 2.20. The van der Waals surface area contributed by atoms with Gasteiger partial charge >= 0.3 is 0 Å². The van der Waals surface area contributed by atoms with Gasteiger partial charge in [0.2, 0.25) is 5.91 Å². The van der Waals surface area contributed by atoms with Crippen LogP contribution in [0.4, 0.5) is 0 Å². The number of carbonyl (C=O) groups excluding carboxylic acids is 1. The zero-order valence-corrected chi connectivity index (χ0v) is 12.4. The van der Waals surface area contributed by atoms with Crippen LogP contribution in [-0.4, -0.2) is 34.4 Å². The average Bonchev–Trinajstić information content (AvgIpc) is 2.83. The summed E-state index contributed by atoms with van der Waals surface area (Å²) >= 11 is 0. The number of ether oxygens (including phenoxy) is 1. The van der Waals surface area contributed by atoms with Crippen LogP contribution in [0.5, 0.6) is 0 Å². The van der Waals surface area contributed by atoms with Gasteiger partial charge in [0.25, 0.3) is 0 Å². The number of hydrogen-bond donors (Lipinski definition) is 1. The highest BCUT2D eigenvalue weighted by atomic mass is 16.5. The normalized spacial score (nSPS) is 13.3. The molecule has 0 aliphatic rings. The first kappa shape index (κ1) is 15.6. The standard InChI is InChI=1S/C13H24N4O2/c1-6-10(11-14-9-15-17(11)7-2)16-12(18)13(3,4)8-19-5/h9-10H,6-8H2,1-5H3,(H,16,18). The first-order valence-electron chi connectivity index (χ1n) is 6.63. The summed E-state index contributed by atoms with van der Waals surface area (Å²) < 4.78 is 6.89. The van der Waals surface area contributed by atoms with Crippen molar-refractivity contribution in [3.8, 4) is 0 Å². The van der Waals surface area contributed by atoms with Crippen molar-refractivity contribution in [1.29, 1.82) is 0 Å². The van der Waals surface area contributed by atoms with Crippen molar-refractivity contribution < 1.29 is 9.53 Å². The van der Waals surface area contributed by atoms with Crippen molar-refractivity contribution in [3.63, 3.8) is 0 Å². The van der Waals surface area contributed by atoms with E-state index < -0.39 is 5.41 Å². The van der Waals surface area contributed by atoms with E-state index in [1.165, 1.54) is 6.33 Å². The third-order valence-electron chi connectivity index (χ3n) is 3.09. The lowest BCUT2D eigenvalue weighted by Gasteiger charge is -2.26. The highest BCUT2D eigenvalue weighted by Gasteiger charge is 2.30. The van der Waals surface area contributed by atoms with Gasteiger partial charge in [0.15, 0.2) is 0 Å². The molecule has 1 N–H and O–H groups in total. The van der Waals surface area contributed by atoms with E-state index in [1.807, 2.05) is 27.7 Å². The monoisotopic (exact) mass is 268 g/mol. The summed E-state index contributed by atoms with van der Waals surface area (Å²) in [6.07, 6.45) is 2.29.